The minimum Gasteiger partial charge on any atom is -0.456 e. The standard InChI is InChI=1S/C54H35NO2/c1-2-13-34(14-3-1)48-33-52-53(45-21-9-8-19-42(45)48)46-22-12-23-49(54(46)57-52)55(38-29-30-44-43-20-10-11-24-50(43)56-51(44)32-38)37-27-25-35(26-28-37)47-31-36-15-4-5-16-39(36)40-17-6-7-18-41(40)47/h1-4,6-15,17-33H,5,16H2. The molecule has 0 bridgehead atoms. The van der Waals surface area contributed by atoms with Crippen molar-refractivity contribution in [3.8, 4) is 22.3 Å². The lowest BCUT2D eigenvalue weighted by atomic mass is 9.87. The molecule has 0 fully saturated rings. The van der Waals surface area contributed by atoms with Crippen molar-refractivity contribution in [2.24, 2.45) is 0 Å². The predicted molar refractivity (Wildman–Crippen MR) is 239 cm³/mol. The topological polar surface area (TPSA) is 29.5 Å². The number of anilines is 3. The van der Waals surface area contributed by atoms with Gasteiger partial charge < -0.3 is 13.7 Å². The van der Waals surface area contributed by atoms with Gasteiger partial charge >= 0.3 is 0 Å². The van der Waals surface area contributed by atoms with Gasteiger partial charge in [-0.3, -0.25) is 0 Å². The van der Waals surface area contributed by atoms with E-state index in [1.807, 2.05) is 12.1 Å². The van der Waals surface area contributed by atoms with E-state index in [0.717, 1.165) is 79.3 Å². The summed E-state index contributed by atoms with van der Waals surface area (Å²) < 4.78 is 13.5. The van der Waals surface area contributed by atoms with Gasteiger partial charge in [0.05, 0.1) is 11.4 Å². The van der Waals surface area contributed by atoms with Crippen LogP contribution in [0.25, 0.3) is 93.8 Å². The van der Waals surface area contributed by atoms with Gasteiger partial charge in [0.25, 0.3) is 0 Å². The Morgan fingerprint density at radius 3 is 1.91 bits per heavy atom. The van der Waals surface area contributed by atoms with E-state index in [1.165, 1.54) is 49.4 Å². The van der Waals surface area contributed by atoms with Crippen LogP contribution in [0.3, 0.4) is 0 Å². The zero-order valence-electron chi connectivity index (χ0n) is 31.1. The first-order chi connectivity index (χ1) is 28.3. The van der Waals surface area contributed by atoms with E-state index >= 15 is 0 Å². The molecule has 0 aliphatic heterocycles. The maximum atomic E-state index is 7.04. The van der Waals surface area contributed by atoms with Crippen LogP contribution in [0.2, 0.25) is 0 Å². The molecule has 12 rings (SSSR count). The van der Waals surface area contributed by atoms with Crippen LogP contribution >= 0.6 is 0 Å². The number of hydrogen-bond donors (Lipinski definition) is 0. The number of fused-ring (bicyclic) bond motifs is 11. The number of nitrogens with zero attached hydrogens (tertiary/aromatic N) is 1. The molecule has 3 heteroatoms. The number of furan rings is 2. The molecule has 0 radical (unpaired) electrons. The summed E-state index contributed by atoms with van der Waals surface area (Å²) >= 11 is 0. The molecule has 0 saturated heterocycles. The average molecular weight is 730 g/mol. The van der Waals surface area contributed by atoms with E-state index < -0.39 is 0 Å². The Hall–Kier alpha value is -7.36. The third kappa shape index (κ3) is 4.99. The Bertz CT molecular complexity index is 3400. The molecule has 2 aromatic heterocycles. The highest BCUT2D eigenvalue weighted by molar-refractivity contribution is 6.24. The normalized spacial score (nSPS) is 12.7. The van der Waals surface area contributed by atoms with Gasteiger partial charge in [0.2, 0.25) is 0 Å². The quantitative estimate of drug-likeness (QED) is 0.177. The summed E-state index contributed by atoms with van der Waals surface area (Å²) in [5.41, 5.74) is 13.9. The van der Waals surface area contributed by atoms with Gasteiger partial charge in [0, 0.05) is 33.3 Å². The molecule has 11 aromatic rings. The van der Waals surface area contributed by atoms with Crippen LogP contribution in [0, 0.1) is 0 Å². The Labute approximate surface area is 329 Å². The number of hydrogen-bond acceptors (Lipinski definition) is 3. The van der Waals surface area contributed by atoms with Crippen molar-refractivity contribution in [1.82, 2.24) is 0 Å². The fourth-order valence-corrected chi connectivity index (χ4v) is 9.31. The van der Waals surface area contributed by atoms with Crippen LogP contribution in [-0.4, -0.2) is 0 Å². The van der Waals surface area contributed by atoms with E-state index in [-0.39, 0.29) is 0 Å². The van der Waals surface area contributed by atoms with Gasteiger partial charge in [-0.2, -0.15) is 0 Å². The lowest BCUT2D eigenvalue weighted by Crippen LogP contribution is -2.10. The zero-order chi connectivity index (χ0) is 37.5. The van der Waals surface area contributed by atoms with Gasteiger partial charge in [0.1, 0.15) is 16.7 Å². The highest BCUT2D eigenvalue weighted by Gasteiger charge is 2.23. The molecular weight excluding hydrogens is 695 g/mol. The highest BCUT2D eigenvalue weighted by Crippen LogP contribution is 2.47. The minimum atomic E-state index is 0.837. The van der Waals surface area contributed by atoms with Gasteiger partial charge in [-0.05, 0) is 116 Å². The monoisotopic (exact) mass is 729 g/mol. The molecule has 1 aliphatic rings. The molecule has 0 N–H and O–H groups in total. The molecule has 0 spiro atoms. The second kappa shape index (κ2) is 12.6. The van der Waals surface area contributed by atoms with Crippen molar-refractivity contribution in [2.75, 3.05) is 4.90 Å². The summed E-state index contributed by atoms with van der Waals surface area (Å²) in [7, 11) is 0. The summed E-state index contributed by atoms with van der Waals surface area (Å²) in [6.07, 6.45) is 6.75. The van der Waals surface area contributed by atoms with Crippen LogP contribution in [-0.2, 0) is 6.42 Å². The lowest BCUT2D eigenvalue weighted by Gasteiger charge is -2.26. The lowest BCUT2D eigenvalue weighted by molar-refractivity contribution is 0.667. The first kappa shape index (κ1) is 31.9. The summed E-state index contributed by atoms with van der Waals surface area (Å²) in [4.78, 5) is 2.31. The van der Waals surface area contributed by atoms with Gasteiger partial charge in [0.15, 0.2) is 5.58 Å². The first-order valence-electron chi connectivity index (χ1n) is 19.7. The summed E-state index contributed by atoms with van der Waals surface area (Å²) in [6, 6.07) is 63.1. The van der Waals surface area contributed by atoms with Crippen molar-refractivity contribution < 1.29 is 8.83 Å². The maximum Gasteiger partial charge on any atom is 0.159 e. The van der Waals surface area contributed by atoms with Crippen molar-refractivity contribution in [3.63, 3.8) is 0 Å². The SMILES string of the molecule is C1=Cc2cc(-c3ccc(N(c4ccc5c(c4)oc4ccccc45)c4cccc5c4oc4cc(-c6ccccc6)c6ccccc6c45)cc3)c3ccccc3c2CC1. The maximum absolute atomic E-state index is 7.04. The predicted octanol–water partition coefficient (Wildman–Crippen LogP) is 15.6. The zero-order valence-corrected chi connectivity index (χ0v) is 31.1. The second-order valence-electron chi connectivity index (χ2n) is 15.1. The molecule has 0 atom stereocenters. The first-order valence-corrected chi connectivity index (χ1v) is 19.7. The van der Waals surface area contributed by atoms with E-state index in [4.69, 9.17) is 8.83 Å². The van der Waals surface area contributed by atoms with Gasteiger partial charge in [-0.15, -0.1) is 0 Å². The Balaban J connectivity index is 1.08. The number of aryl methyl sites for hydroxylation is 1. The Kier molecular flexibility index (Phi) is 7.05. The van der Waals surface area contributed by atoms with Crippen molar-refractivity contribution in [1.29, 1.82) is 0 Å². The summed E-state index contributed by atoms with van der Waals surface area (Å²) in [5.74, 6) is 0. The van der Waals surface area contributed by atoms with E-state index in [0.29, 0.717) is 0 Å². The number of allylic oxidation sites excluding steroid dienone is 1. The molecule has 57 heavy (non-hydrogen) atoms. The van der Waals surface area contributed by atoms with Crippen LogP contribution in [0.1, 0.15) is 17.5 Å². The van der Waals surface area contributed by atoms with E-state index in [1.54, 1.807) is 0 Å². The van der Waals surface area contributed by atoms with Crippen LogP contribution in [0.4, 0.5) is 17.1 Å². The van der Waals surface area contributed by atoms with E-state index in [9.17, 15) is 0 Å². The van der Waals surface area contributed by atoms with E-state index in [2.05, 4.69) is 181 Å². The third-order valence-corrected chi connectivity index (χ3v) is 11.9. The molecule has 0 saturated carbocycles. The van der Waals surface area contributed by atoms with Gasteiger partial charge in [-0.1, -0.05) is 133 Å². The summed E-state index contributed by atoms with van der Waals surface area (Å²) in [6.45, 7) is 0. The van der Waals surface area contributed by atoms with Crippen LogP contribution in [0.5, 0.6) is 0 Å². The molecule has 0 unspecified atom stereocenters. The minimum absolute atomic E-state index is 0.837. The van der Waals surface area contributed by atoms with Crippen LogP contribution < -0.4 is 4.90 Å². The number of para-hydroxylation sites is 2. The molecule has 1 aliphatic carbocycles. The summed E-state index contributed by atoms with van der Waals surface area (Å²) in [5, 5.41) is 9.44. The molecule has 2 heterocycles. The molecule has 9 aromatic carbocycles. The van der Waals surface area contributed by atoms with Crippen molar-refractivity contribution >= 4 is 88.6 Å². The average Bonchev–Trinajstić information content (AvgIpc) is 3.85. The third-order valence-electron chi connectivity index (χ3n) is 11.9. The Morgan fingerprint density at radius 1 is 0.421 bits per heavy atom. The Morgan fingerprint density at radius 2 is 1.07 bits per heavy atom. The smallest absolute Gasteiger partial charge is 0.159 e. The second-order valence-corrected chi connectivity index (χ2v) is 15.1. The fourth-order valence-electron chi connectivity index (χ4n) is 9.31. The fraction of sp³-hybridized carbons (Fsp3) is 0.0370. The number of rotatable bonds is 5. The molecule has 0 amide bonds. The molecular formula is C54H35NO2. The number of benzene rings is 9. The highest BCUT2D eigenvalue weighted by atomic mass is 16.3. The largest absolute Gasteiger partial charge is 0.456 e. The van der Waals surface area contributed by atoms with Crippen molar-refractivity contribution in [2.45, 2.75) is 12.8 Å². The molecule has 268 valence electrons. The molecule has 3 nitrogen and oxygen atoms in total. The van der Waals surface area contributed by atoms with Gasteiger partial charge in [-0.25, -0.2) is 0 Å². The van der Waals surface area contributed by atoms with Crippen LogP contribution in [0.15, 0.2) is 191 Å². The van der Waals surface area contributed by atoms with Crippen molar-refractivity contribution in [3.05, 3.63) is 193 Å².